The monoisotopic (exact) mass is 455 g/mol. The Morgan fingerprint density at radius 2 is 1.97 bits per heavy atom. The van der Waals surface area contributed by atoms with Gasteiger partial charge in [0.15, 0.2) is 9.84 Å². The number of sulfone groups is 1. The highest BCUT2D eigenvalue weighted by atomic mass is 32.2. The number of nitrogens with one attached hydrogen (secondary N) is 1. The van der Waals surface area contributed by atoms with Gasteiger partial charge in [-0.2, -0.15) is 18.2 Å². The second kappa shape index (κ2) is 9.04. The maximum absolute atomic E-state index is 12.8. The molecule has 1 aliphatic rings. The summed E-state index contributed by atoms with van der Waals surface area (Å²) in [5, 5.41) is 3.70. The number of benzene rings is 1. The normalized spacial score (nSPS) is 15.6. The molecule has 0 spiro atoms. The van der Waals surface area contributed by atoms with Gasteiger partial charge in [0.25, 0.3) is 5.91 Å². The van der Waals surface area contributed by atoms with Crippen molar-refractivity contribution >= 4 is 15.7 Å². The van der Waals surface area contributed by atoms with Crippen LogP contribution in [0.15, 0.2) is 48.0 Å². The van der Waals surface area contributed by atoms with E-state index in [0.29, 0.717) is 0 Å². The zero-order chi connectivity index (χ0) is 22.6. The second-order valence-corrected chi connectivity index (χ2v) is 9.14. The number of halogens is 3. The van der Waals surface area contributed by atoms with E-state index in [0.717, 1.165) is 30.7 Å². The number of alkyl halides is 3. The van der Waals surface area contributed by atoms with Gasteiger partial charge in [-0.15, -0.1) is 0 Å². The van der Waals surface area contributed by atoms with Gasteiger partial charge in [-0.05, 0) is 30.9 Å². The zero-order valence-electron chi connectivity index (χ0n) is 16.5. The van der Waals surface area contributed by atoms with Crippen molar-refractivity contribution in [3.8, 4) is 11.6 Å². The van der Waals surface area contributed by atoms with Crippen molar-refractivity contribution in [1.29, 1.82) is 0 Å². The molecule has 0 bridgehead atoms. The lowest BCUT2D eigenvalue weighted by Gasteiger charge is -2.16. The fourth-order valence-electron chi connectivity index (χ4n) is 2.73. The zero-order valence-corrected chi connectivity index (χ0v) is 17.3. The number of amides is 1. The molecular weight excluding hydrogens is 435 g/mol. The van der Waals surface area contributed by atoms with E-state index >= 15 is 0 Å². The summed E-state index contributed by atoms with van der Waals surface area (Å²) in [6.07, 6.45) is -0.869. The molecule has 31 heavy (non-hydrogen) atoms. The number of ether oxygens (including phenoxy) is 1. The first-order chi connectivity index (χ1) is 14.5. The van der Waals surface area contributed by atoms with Gasteiger partial charge in [-0.3, -0.25) is 4.79 Å². The predicted octanol–water partition coefficient (Wildman–Crippen LogP) is 3.44. The van der Waals surface area contributed by atoms with E-state index < -0.39 is 40.2 Å². The first-order valence-corrected chi connectivity index (χ1v) is 11.3. The third kappa shape index (κ3) is 7.35. The predicted molar refractivity (Wildman–Crippen MR) is 106 cm³/mol. The van der Waals surface area contributed by atoms with Crippen molar-refractivity contribution in [3.63, 3.8) is 0 Å². The van der Waals surface area contributed by atoms with Crippen molar-refractivity contribution in [2.24, 2.45) is 5.92 Å². The Balaban J connectivity index is 1.88. The molecule has 7 nitrogen and oxygen atoms in total. The van der Waals surface area contributed by atoms with Crippen LogP contribution in [0.1, 0.15) is 29.0 Å². The van der Waals surface area contributed by atoms with Crippen molar-refractivity contribution < 1.29 is 31.1 Å². The number of carbonyl (C=O) groups is 1. The lowest BCUT2D eigenvalue weighted by molar-refractivity contribution is -0.128. The summed E-state index contributed by atoms with van der Waals surface area (Å²) in [6.45, 7) is 0. The van der Waals surface area contributed by atoms with Crippen LogP contribution in [-0.4, -0.2) is 42.8 Å². The Morgan fingerprint density at radius 3 is 2.55 bits per heavy atom. The largest absolute Gasteiger partial charge is 0.438 e. The Hall–Kier alpha value is -2.95. The topological polar surface area (TPSA) is 98.2 Å². The molecule has 1 heterocycles. The van der Waals surface area contributed by atoms with Gasteiger partial charge in [0.1, 0.15) is 23.6 Å². The second-order valence-electron chi connectivity index (χ2n) is 7.21. The molecule has 1 aromatic heterocycles. The van der Waals surface area contributed by atoms with Gasteiger partial charge in [-0.1, -0.05) is 24.3 Å². The molecule has 1 N–H and O–H groups in total. The number of para-hydroxylation sites is 1. The summed E-state index contributed by atoms with van der Waals surface area (Å²) in [6, 6.07) is 7.62. The Bertz CT molecular complexity index is 1070. The van der Waals surface area contributed by atoms with E-state index in [1.54, 1.807) is 30.3 Å². The summed E-state index contributed by atoms with van der Waals surface area (Å²) < 4.78 is 66.6. The standard InChI is InChI=1S/C20H20F3N3O4S/c1-31(28,29)10-9-16(13-7-8-13)25-18(27)15-12-24-17(11-20(21,22)23)26-19(15)30-14-5-3-2-4-6-14/h2-6,9-10,12-13,16H,7-8,11H2,1H3,(H,25,27)/b10-9+/t16-/m1/s1. The van der Waals surface area contributed by atoms with Crippen molar-refractivity contribution in [2.75, 3.05) is 6.26 Å². The van der Waals surface area contributed by atoms with Gasteiger partial charge in [0, 0.05) is 17.9 Å². The van der Waals surface area contributed by atoms with E-state index in [-0.39, 0.29) is 23.1 Å². The highest BCUT2D eigenvalue weighted by Crippen LogP contribution is 2.34. The SMILES string of the molecule is CS(=O)(=O)/C=C/[C@@H](NC(=O)c1cnc(CC(F)(F)F)nc1Oc1ccccc1)C1CC1. The van der Waals surface area contributed by atoms with Gasteiger partial charge >= 0.3 is 6.18 Å². The Labute approximate surface area is 177 Å². The number of hydrogen-bond acceptors (Lipinski definition) is 6. The molecule has 1 fully saturated rings. The van der Waals surface area contributed by atoms with Gasteiger partial charge < -0.3 is 10.1 Å². The molecule has 1 saturated carbocycles. The van der Waals surface area contributed by atoms with Crippen LogP contribution in [0.3, 0.4) is 0 Å². The molecule has 1 aliphatic carbocycles. The summed E-state index contributed by atoms with van der Waals surface area (Å²) in [5.74, 6) is -1.18. The molecule has 1 atom stereocenters. The molecule has 1 aromatic carbocycles. The lowest BCUT2D eigenvalue weighted by atomic mass is 10.1. The van der Waals surface area contributed by atoms with Crippen LogP contribution in [0.5, 0.6) is 11.6 Å². The summed E-state index contributed by atoms with van der Waals surface area (Å²) in [5.41, 5.74) is -0.159. The fourth-order valence-corrected chi connectivity index (χ4v) is 3.19. The van der Waals surface area contributed by atoms with E-state index in [1.165, 1.54) is 6.08 Å². The number of carbonyl (C=O) groups excluding carboxylic acids is 1. The van der Waals surface area contributed by atoms with Crippen LogP contribution in [0.25, 0.3) is 0 Å². The van der Waals surface area contributed by atoms with Crippen molar-refractivity contribution in [2.45, 2.75) is 31.5 Å². The van der Waals surface area contributed by atoms with E-state index in [4.69, 9.17) is 4.74 Å². The first kappa shape index (κ1) is 22.7. The van der Waals surface area contributed by atoms with E-state index in [2.05, 4.69) is 15.3 Å². The number of nitrogens with zero attached hydrogens (tertiary/aromatic N) is 2. The van der Waals surface area contributed by atoms with Gasteiger partial charge in [0.05, 0.1) is 6.04 Å². The maximum atomic E-state index is 12.8. The molecule has 3 rings (SSSR count). The molecule has 11 heteroatoms. The summed E-state index contributed by atoms with van der Waals surface area (Å²) in [7, 11) is -3.38. The van der Waals surface area contributed by atoms with Crippen LogP contribution in [0.4, 0.5) is 13.2 Å². The molecule has 0 aliphatic heterocycles. The quantitative estimate of drug-likeness (QED) is 0.655. The summed E-state index contributed by atoms with van der Waals surface area (Å²) in [4.78, 5) is 20.3. The molecule has 0 unspecified atom stereocenters. The fraction of sp³-hybridized carbons (Fsp3) is 0.350. The van der Waals surface area contributed by atoms with Crippen molar-refractivity contribution in [1.82, 2.24) is 15.3 Å². The first-order valence-electron chi connectivity index (χ1n) is 9.35. The Kier molecular flexibility index (Phi) is 6.63. The van der Waals surface area contributed by atoms with Crippen LogP contribution < -0.4 is 10.1 Å². The minimum absolute atomic E-state index is 0.0749. The molecule has 0 radical (unpaired) electrons. The smallest absolute Gasteiger partial charge is 0.396 e. The Morgan fingerprint density at radius 1 is 1.29 bits per heavy atom. The number of hydrogen-bond donors (Lipinski definition) is 1. The highest BCUT2D eigenvalue weighted by Gasteiger charge is 2.33. The van der Waals surface area contributed by atoms with E-state index in [1.807, 2.05) is 0 Å². The molecule has 1 amide bonds. The average Bonchev–Trinajstić information content (AvgIpc) is 3.49. The molecule has 2 aromatic rings. The van der Waals surface area contributed by atoms with Crippen LogP contribution in [0.2, 0.25) is 0 Å². The number of rotatable bonds is 8. The highest BCUT2D eigenvalue weighted by molar-refractivity contribution is 7.93. The lowest BCUT2D eigenvalue weighted by Crippen LogP contribution is -2.35. The minimum Gasteiger partial charge on any atom is -0.438 e. The molecule has 0 saturated heterocycles. The van der Waals surface area contributed by atoms with Crippen LogP contribution in [0, 0.1) is 5.92 Å². The number of aromatic nitrogens is 2. The van der Waals surface area contributed by atoms with E-state index in [9.17, 15) is 26.4 Å². The summed E-state index contributed by atoms with van der Waals surface area (Å²) >= 11 is 0. The molecule has 166 valence electrons. The third-order valence-electron chi connectivity index (χ3n) is 4.33. The van der Waals surface area contributed by atoms with Crippen molar-refractivity contribution in [3.05, 3.63) is 59.4 Å². The van der Waals surface area contributed by atoms with Crippen LogP contribution >= 0.6 is 0 Å². The van der Waals surface area contributed by atoms with Gasteiger partial charge in [0.2, 0.25) is 5.88 Å². The van der Waals surface area contributed by atoms with Gasteiger partial charge in [-0.25, -0.2) is 13.4 Å². The average molecular weight is 455 g/mol. The maximum Gasteiger partial charge on any atom is 0.396 e. The minimum atomic E-state index is -4.53. The van der Waals surface area contributed by atoms with Crippen LogP contribution in [-0.2, 0) is 16.3 Å². The molecular formula is C20H20F3N3O4S. The third-order valence-corrected chi connectivity index (χ3v) is 4.98.